The molecule has 0 radical (unpaired) electrons. The van der Waals surface area contributed by atoms with Gasteiger partial charge in [-0.3, -0.25) is 14.4 Å². The Kier molecular flexibility index (Phi) is 7.83. The molecule has 1 aliphatic rings. The molecule has 1 saturated heterocycles. The first-order valence-corrected chi connectivity index (χ1v) is 12.2. The Morgan fingerprint density at radius 1 is 0.909 bits per heavy atom. The minimum atomic E-state index is -3.98. The minimum Gasteiger partial charge on any atom is -0.339 e. The van der Waals surface area contributed by atoms with Gasteiger partial charge in [0.2, 0.25) is 21.8 Å². The van der Waals surface area contributed by atoms with Gasteiger partial charge in [0, 0.05) is 25.7 Å². The Labute approximate surface area is 193 Å². The van der Waals surface area contributed by atoms with E-state index < -0.39 is 22.0 Å². The summed E-state index contributed by atoms with van der Waals surface area (Å²) in [7, 11) is -3.98. The third-order valence-electron chi connectivity index (χ3n) is 5.27. The molecular weight excluding hydrogens is 444 g/mol. The van der Waals surface area contributed by atoms with E-state index in [9.17, 15) is 22.8 Å². The topological polar surface area (TPSA) is 125 Å². The fourth-order valence-corrected chi connectivity index (χ4v) is 4.76. The Balaban J connectivity index is 1.68. The van der Waals surface area contributed by atoms with Crippen LogP contribution in [0.4, 0.5) is 11.4 Å². The van der Waals surface area contributed by atoms with E-state index in [-0.39, 0.29) is 16.7 Å². The van der Waals surface area contributed by atoms with Gasteiger partial charge in [0.15, 0.2) is 0 Å². The van der Waals surface area contributed by atoms with Gasteiger partial charge in [0.05, 0.1) is 22.2 Å². The predicted molar refractivity (Wildman–Crippen MR) is 125 cm³/mol. The second-order valence-corrected chi connectivity index (χ2v) is 9.65. The standard InChI is InChI=1S/C23H28N4O5S/c1-16(26-33(31,32)19-12-10-18(11-13-19)24-17(2)28)22(29)25-21-9-5-4-8-20(21)23(30)27-14-6-3-7-15-27/h4-5,8-13,16,26H,3,6-7,14-15H2,1-2H3,(H,24,28)(H,25,29)/t16-/m0/s1. The molecule has 0 spiro atoms. The number of benzene rings is 2. The average molecular weight is 473 g/mol. The number of likely N-dealkylation sites (tertiary alicyclic amines) is 1. The van der Waals surface area contributed by atoms with Crippen LogP contribution in [0, 0.1) is 0 Å². The molecule has 0 aromatic heterocycles. The number of hydrogen-bond acceptors (Lipinski definition) is 5. The summed E-state index contributed by atoms with van der Waals surface area (Å²) in [5.74, 6) is -1.02. The second kappa shape index (κ2) is 10.6. The number of anilines is 2. The predicted octanol–water partition coefficient (Wildman–Crippen LogP) is 2.58. The highest BCUT2D eigenvalue weighted by atomic mass is 32.2. The number of hydrogen-bond donors (Lipinski definition) is 3. The lowest BCUT2D eigenvalue weighted by atomic mass is 10.1. The summed E-state index contributed by atoms with van der Waals surface area (Å²) < 4.78 is 27.7. The van der Waals surface area contributed by atoms with Crippen LogP contribution in [0.5, 0.6) is 0 Å². The molecule has 0 unspecified atom stereocenters. The van der Waals surface area contributed by atoms with Gasteiger partial charge in [0.1, 0.15) is 0 Å². The van der Waals surface area contributed by atoms with E-state index in [2.05, 4.69) is 15.4 Å². The number of para-hydroxylation sites is 1. The molecule has 3 amide bonds. The van der Waals surface area contributed by atoms with E-state index in [4.69, 9.17) is 0 Å². The first-order chi connectivity index (χ1) is 15.7. The maximum absolute atomic E-state index is 12.9. The third-order valence-corrected chi connectivity index (χ3v) is 6.83. The van der Waals surface area contributed by atoms with E-state index in [0.717, 1.165) is 19.3 Å². The minimum absolute atomic E-state index is 0.0445. The molecule has 2 aromatic carbocycles. The molecule has 9 nitrogen and oxygen atoms in total. The van der Waals surface area contributed by atoms with E-state index in [1.54, 1.807) is 29.2 Å². The summed E-state index contributed by atoms with van der Waals surface area (Å²) >= 11 is 0. The fraction of sp³-hybridized carbons (Fsp3) is 0.348. The normalized spacial score (nSPS) is 14.9. The fourth-order valence-electron chi connectivity index (χ4n) is 3.56. The smallest absolute Gasteiger partial charge is 0.255 e. The Morgan fingerprint density at radius 2 is 1.55 bits per heavy atom. The zero-order valence-electron chi connectivity index (χ0n) is 18.6. The van der Waals surface area contributed by atoms with Gasteiger partial charge in [-0.25, -0.2) is 8.42 Å². The van der Waals surface area contributed by atoms with Crippen molar-refractivity contribution in [1.82, 2.24) is 9.62 Å². The van der Waals surface area contributed by atoms with Crippen molar-refractivity contribution in [3.05, 3.63) is 54.1 Å². The van der Waals surface area contributed by atoms with Crippen LogP contribution < -0.4 is 15.4 Å². The van der Waals surface area contributed by atoms with Crippen molar-refractivity contribution in [3.63, 3.8) is 0 Å². The van der Waals surface area contributed by atoms with Crippen molar-refractivity contribution in [2.24, 2.45) is 0 Å². The van der Waals surface area contributed by atoms with Gasteiger partial charge < -0.3 is 15.5 Å². The van der Waals surface area contributed by atoms with Crippen LogP contribution >= 0.6 is 0 Å². The lowest BCUT2D eigenvalue weighted by Gasteiger charge is -2.27. The lowest BCUT2D eigenvalue weighted by Crippen LogP contribution is -2.42. The molecule has 0 aliphatic carbocycles. The first-order valence-electron chi connectivity index (χ1n) is 10.8. The van der Waals surface area contributed by atoms with Crippen molar-refractivity contribution in [3.8, 4) is 0 Å². The number of rotatable bonds is 7. The third kappa shape index (κ3) is 6.39. The Hall–Kier alpha value is -3.24. The molecule has 2 aromatic rings. The molecule has 3 N–H and O–H groups in total. The molecule has 1 heterocycles. The highest BCUT2D eigenvalue weighted by molar-refractivity contribution is 7.89. The van der Waals surface area contributed by atoms with Crippen molar-refractivity contribution in [2.75, 3.05) is 23.7 Å². The lowest BCUT2D eigenvalue weighted by molar-refractivity contribution is -0.117. The van der Waals surface area contributed by atoms with Gasteiger partial charge >= 0.3 is 0 Å². The zero-order valence-corrected chi connectivity index (χ0v) is 19.4. The quantitative estimate of drug-likeness (QED) is 0.571. The van der Waals surface area contributed by atoms with Crippen LogP contribution in [0.3, 0.4) is 0 Å². The van der Waals surface area contributed by atoms with Gasteiger partial charge in [-0.2, -0.15) is 4.72 Å². The zero-order chi connectivity index (χ0) is 24.0. The van der Waals surface area contributed by atoms with Gasteiger partial charge in [0.25, 0.3) is 5.91 Å². The molecule has 33 heavy (non-hydrogen) atoms. The van der Waals surface area contributed by atoms with Crippen LogP contribution in [0.15, 0.2) is 53.4 Å². The van der Waals surface area contributed by atoms with E-state index in [1.807, 2.05) is 0 Å². The summed E-state index contributed by atoms with van der Waals surface area (Å²) in [6.45, 7) is 4.13. The Bertz CT molecular complexity index is 1130. The number of nitrogens with zero attached hydrogens (tertiary/aromatic N) is 1. The number of nitrogens with one attached hydrogen (secondary N) is 3. The maximum Gasteiger partial charge on any atom is 0.255 e. The van der Waals surface area contributed by atoms with Gasteiger partial charge in [-0.1, -0.05) is 12.1 Å². The van der Waals surface area contributed by atoms with E-state index in [1.165, 1.54) is 38.1 Å². The highest BCUT2D eigenvalue weighted by Gasteiger charge is 2.25. The SMILES string of the molecule is CC(=O)Nc1ccc(S(=O)(=O)N[C@@H](C)C(=O)Nc2ccccc2C(=O)N2CCCCC2)cc1. The monoisotopic (exact) mass is 472 g/mol. The van der Waals surface area contributed by atoms with Gasteiger partial charge in [-0.05, 0) is 62.6 Å². The van der Waals surface area contributed by atoms with Crippen LogP contribution in [-0.4, -0.2) is 50.2 Å². The average Bonchev–Trinajstić information content (AvgIpc) is 2.79. The van der Waals surface area contributed by atoms with E-state index >= 15 is 0 Å². The second-order valence-electron chi connectivity index (χ2n) is 7.94. The molecule has 1 atom stereocenters. The number of amides is 3. The summed E-state index contributed by atoms with van der Waals surface area (Å²) in [5, 5.41) is 5.23. The molecule has 0 saturated carbocycles. The Morgan fingerprint density at radius 3 is 2.18 bits per heavy atom. The summed E-state index contributed by atoms with van der Waals surface area (Å²) in [5.41, 5.74) is 1.17. The van der Waals surface area contributed by atoms with E-state index in [0.29, 0.717) is 30.0 Å². The highest BCUT2D eigenvalue weighted by Crippen LogP contribution is 2.21. The summed E-state index contributed by atoms with van der Waals surface area (Å²) in [6, 6.07) is 11.2. The molecule has 1 aliphatic heterocycles. The number of carbonyl (C=O) groups excluding carboxylic acids is 3. The van der Waals surface area contributed by atoms with Crippen molar-refractivity contribution < 1.29 is 22.8 Å². The van der Waals surface area contributed by atoms with Crippen molar-refractivity contribution >= 4 is 39.1 Å². The molecule has 176 valence electrons. The molecule has 10 heteroatoms. The number of piperidine rings is 1. The summed E-state index contributed by atoms with van der Waals surface area (Å²) in [6.07, 6.45) is 2.99. The molecule has 1 fully saturated rings. The van der Waals surface area contributed by atoms with Crippen LogP contribution in [0.1, 0.15) is 43.5 Å². The van der Waals surface area contributed by atoms with Gasteiger partial charge in [-0.15, -0.1) is 0 Å². The van der Waals surface area contributed by atoms with Crippen LogP contribution in [-0.2, 0) is 19.6 Å². The van der Waals surface area contributed by atoms with Crippen LogP contribution in [0.2, 0.25) is 0 Å². The number of carbonyl (C=O) groups is 3. The molecular formula is C23H28N4O5S. The van der Waals surface area contributed by atoms with Crippen LogP contribution in [0.25, 0.3) is 0 Å². The van der Waals surface area contributed by atoms with Crippen molar-refractivity contribution in [1.29, 1.82) is 0 Å². The van der Waals surface area contributed by atoms with Crippen molar-refractivity contribution in [2.45, 2.75) is 44.0 Å². The summed E-state index contributed by atoms with van der Waals surface area (Å²) in [4.78, 5) is 38.5. The number of sulfonamides is 1. The molecule has 0 bridgehead atoms. The largest absolute Gasteiger partial charge is 0.339 e. The maximum atomic E-state index is 12.9. The molecule has 3 rings (SSSR count). The first kappa shape index (κ1) is 24.4.